The molecular weight excluding hydrogens is 326 g/mol. The number of aliphatic hydroxyl groups excluding tert-OH is 1. The first kappa shape index (κ1) is 15.1. The highest BCUT2D eigenvalue weighted by Gasteiger charge is 2.17. The van der Waals surface area contributed by atoms with Crippen molar-refractivity contribution in [3.63, 3.8) is 0 Å². The Labute approximate surface area is 125 Å². The number of halogens is 3. The van der Waals surface area contributed by atoms with Crippen LogP contribution in [0.15, 0.2) is 40.9 Å². The quantitative estimate of drug-likeness (QED) is 0.808. The molecule has 0 radical (unpaired) electrons. The lowest BCUT2D eigenvalue weighted by Gasteiger charge is -2.14. The maximum atomic E-state index is 13.5. The van der Waals surface area contributed by atoms with Crippen molar-refractivity contribution in [2.24, 2.45) is 0 Å². The third-order valence-electron chi connectivity index (χ3n) is 3.28. The first-order chi connectivity index (χ1) is 9.52. The molecule has 0 fully saturated rings. The molecule has 2 aromatic rings. The van der Waals surface area contributed by atoms with E-state index in [2.05, 4.69) is 22.9 Å². The van der Waals surface area contributed by atoms with Crippen LogP contribution in [-0.2, 0) is 12.8 Å². The second-order valence-corrected chi connectivity index (χ2v) is 5.45. The van der Waals surface area contributed by atoms with E-state index in [-0.39, 0.29) is 4.47 Å². The summed E-state index contributed by atoms with van der Waals surface area (Å²) in [5, 5.41) is 10.2. The number of aryl methyl sites for hydroxylation is 1. The second kappa shape index (κ2) is 6.46. The van der Waals surface area contributed by atoms with E-state index in [4.69, 9.17) is 0 Å². The largest absolute Gasteiger partial charge is 0.388 e. The molecule has 1 unspecified atom stereocenters. The lowest BCUT2D eigenvalue weighted by atomic mass is 10.00. The summed E-state index contributed by atoms with van der Waals surface area (Å²) >= 11 is 2.99. The van der Waals surface area contributed by atoms with Crippen molar-refractivity contribution < 1.29 is 13.9 Å². The summed E-state index contributed by atoms with van der Waals surface area (Å²) in [6.07, 6.45) is 0.428. The fourth-order valence-corrected chi connectivity index (χ4v) is 2.63. The lowest BCUT2D eigenvalue weighted by molar-refractivity contribution is 0.177. The van der Waals surface area contributed by atoms with E-state index < -0.39 is 17.7 Å². The predicted octanol–water partition coefficient (Wildman–Crippen LogP) is 4.57. The minimum absolute atomic E-state index is 0.0184. The van der Waals surface area contributed by atoms with E-state index in [1.54, 1.807) is 0 Å². The molecule has 20 heavy (non-hydrogen) atoms. The SMILES string of the molecule is CCc1ccc(CC(O)c2ccc(F)c(F)c2Br)cc1. The van der Waals surface area contributed by atoms with Gasteiger partial charge in [-0.1, -0.05) is 37.3 Å². The van der Waals surface area contributed by atoms with Gasteiger partial charge in [0.15, 0.2) is 11.6 Å². The van der Waals surface area contributed by atoms with Gasteiger partial charge in [-0.3, -0.25) is 0 Å². The Hall–Kier alpha value is -1.26. The molecule has 2 aromatic carbocycles. The Morgan fingerprint density at radius 3 is 2.25 bits per heavy atom. The van der Waals surface area contributed by atoms with Gasteiger partial charge in [0.25, 0.3) is 0 Å². The summed E-state index contributed by atoms with van der Waals surface area (Å²) < 4.78 is 26.5. The maximum absolute atomic E-state index is 13.5. The van der Waals surface area contributed by atoms with Crippen molar-refractivity contribution in [2.45, 2.75) is 25.9 Å². The topological polar surface area (TPSA) is 20.2 Å². The van der Waals surface area contributed by atoms with Gasteiger partial charge >= 0.3 is 0 Å². The van der Waals surface area contributed by atoms with Crippen LogP contribution in [0.3, 0.4) is 0 Å². The molecule has 106 valence electrons. The Morgan fingerprint density at radius 2 is 1.65 bits per heavy atom. The van der Waals surface area contributed by atoms with Crippen LogP contribution in [0.25, 0.3) is 0 Å². The molecule has 2 rings (SSSR count). The summed E-state index contributed by atoms with van der Waals surface area (Å²) in [6, 6.07) is 10.3. The molecule has 0 spiro atoms. The average molecular weight is 341 g/mol. The molecule has 0 saturated carbocycles. The summed E-state index contributed by atoms with van der Waals surface area (Å²) in [7, 11) is 0. The van der Waals surface area contributed by atoms with Crippen molar-refractivity contribution in [1.82, 2.24) is 0 Å². The summed E-state index contributed by atoms with van der Waals surface area (Å²) in [6.45, 7) is 2.07. The van der Waals surface area contributed by atoms with E-state index in [1.165, 1.54) is 11.6 Å². The van der Waals surface area contributed by atoms with Crippen molar-refractivity contribution in [3.8, 4) is 0 Å². The van der Waals surface area contributed by atoms with Crippen LogP contribution < -0.4 is 0 Å². The summed E-state index contributed by atoms with van der Waals surface area (Å²) in [4.78, 5) is 0. The number of hydrogen-bond acceptors (Lipinski definition) is 1. The summed E-state index contributed by atoms with van der Waals surface area (Å²) in [5.74, 6) is -1.90. The first-order valence-corrected chi connectivity index (χ1v) is 7.21. The molecule has 1 N–H and O–H groups in total. The first-order valence-electron chi connectivity index (χ1n) is 6.42. The molecule has 0 aliphatic carbocycles. The lowest BCUT2D eigenvalue weighted by Crippen LogP contribution is -2.05. The molecule has 0 amide bonds. The van der Waals surface area contributed by atoms with E-state index in [1.807, 2.05) is 24.3 Å². The van der Waals surface area contributed by atoms with E-state index >= 15 is 0 Å². The van der Waals surface area contributed by atoms with Gasteiger partial charge in [-0.15, -0.1) is 0 Å². The molecule has 0 aliphatic rings. The fraction of sp³-hybridized carbons (Fsp3) is 0.250. The van der Waals surface area contributed by atoms with Gasteiger partial charge in [0.2, 0.25) is 0 Å². The van der Waals surface area contributed by atoms with Gasteiger partial charge in [-0.05, 0) is 45.1 Å². The van der Waals surface area contributed by atoms with Gasteiger partial charge in [-0.2, -0.15) is 0 Å². The third-order valence-corrected chi connectivity index (χ3v) is 4.09. The molecular formula is C16H15BrF2O. The van der Waals surface area contributed by atoms with Crippen LogP contribution in [-0.4, -0.2) is 5.11 Å². The predicted molar refractivity (Wildman–Crippen MR) is 78.5 cm³/mol. The van der Waals surface area contributed by atoms with Crippen LogP contribution in [0.4, 0.5) is 8.78 Å². The molecule has 0 bridgehead atoms. The Bertz CT molecular complexity index is 596. The minimum atomic E-state index is -0.970. The number of rotatable bonds is 4. The van der Waals surface area contributed by atoms with E-state index in [9.17, 15) is 13.9 Å². The molecule has 4 heteroatoms. The molecule has 0 aromatic heterocycles. The van der Waals surface area contributed by atoms with Crippen LogP contribution in [0.5, 0.6) is 0 Å². The third kappa shape index (κ3) is 3.25. The smallest absolute Gasteiger partial charge is 0.173 e. The highest BCUT2D eigenvalue weighted by molar-refractivity contribution is 9.10. The zero-order valence-electron chi connectivity index (χ0n) is 11.0. The van der Waals surface area contributed by atoms with Crippen LogP contribution in [0.1, 0.15) is 29.7 Å². The molecule has 1 nitrogen and oxygen atoms in total. The van der Waals surface area contributed by atoms with Crippen LogP contribution in [0.2, 0.25) is 0 Å². The monoisotopic (exact) mass is 340 g/mol. The molecule has 1 atom stereocenters. The molecule has 0 aliphatic heterocycles. The standard InChI is InChI=1S/C16H15BrF2O/c1-2-10-3-5-11(6-4-10)9-14(20)12-7-8-13(18)16(19)15(12)17/h3-8,14,20H,2,9H2,1H3. The van der Waals surface area contributed by atoms with Gasteiger partial charge in [0.1, 0.15) is 0 Å². The number of aliphatic hydroxyl groups is 1. The minimum Gasteiger partial charge on any atom is -0.388 e. The zero-order chi connectivity index (χ0) is 14.7. The normalized spacial score (nSPS) is 12.4. The maximum Gasteiger partial charge on any atom is 0.173 e. The average Bonchev–Trinajstić information content (AvgIpc) is 2.45. The Kier molecular flexibility index (Phi) is 4.89. The molecule has 0 saturated heterocycles. The van der Waals surface area contributed by atoms with Crippen LogP contribution in [0, 0.1) is 11.6 Å². The van der Waals surface area contributed by atoms with Gasteiger partial charge in [0, 0.05) is 6.42 Å². The Morgan fingerprint density at radius 1 is 1.05 bits per heavy atom. The van der Waals surface area contributed by atoms with Gasteiger partial charge in [-0.25, -0.2) is 8.78 Å². The number of hydrogen-bond donors (Lipinski definition) is 1. The fourth-order valence-electron chi connectivity index (χ4n) is 2.04. The van der Waals surface area contributed by atoms with Crippen molar-refractivity contribution >= 4 is 15.9 Å². The van der Waals surface area contributed by atoms with Crippen molar-refractivity contribution in [3.05, 3.63) is 69.2 Å². The van der Waals surface area contributed by atoms with Gasteiger partial charge in [0.05, 0.1) is 10.6 Å². The summed E-state index contributed by atoms with van der Waals surface area (Å²) in [5.41, 5.74) is 2.52. The van der Waals surface area contributed by atoms with E-state index in [0.717, 1.165) is 18.1 Å². The van der Waals surface area contributed by atoms with Crippen molar-refractivity contribution in [1.29, 1.82) is 0 Å². The van der Waals surface area contributed by atoms with Gasteiger partial charge < -0.3 is 5.11 Å². The van der Waals surface area contributed by atoms with Crippen LogP contribution >= 0.6 is 15.9 Å². The number of benzene rings is 2. The van der Waals surface area contributed by atoms with E-state index in [0.29, 0.717) is 12.0 Å². The van der Waals surface area contributed by atoms with Crippen molar-refractivity contribution in [2.75, 3.05) is 0 Å². The highest BCUT2D eigenvalue weighted by Crippen LogP contribution is 2.29. The zero-order valence-corrected chi connectivity index (χ0v) is 12.6. The highest BCUT2D eigenvalue weighted by atomic mass is 79.9. The Balaban J connectivity index is 2.19. The molecule has 0 heterocycles. The second-order valence-electron chi connectivity index (χ2n) is 4.65.